The maximum atomic E-state index is 11.9. The molecule has 2 unspecified atom stereocenters. The third-order valence-electron chi connectivity index (χ3n) is 3.96. The molecule has 1 aliphatic rings. The normalized spacial score (nSPS) is 25.4. The highest BCUT2D eigenvalue weighted by molar-refractivity contribution is 5.95. The standard InChI is InChI=1S/C16H25N3O2/c1-4-21-16(20)13-8-15(18-9-14(13)17)19-12-6-10(2)5-11(3)7-12/h8-12H,4-7,17H2,1-3H3,(H,18,19). The van der Waals surface area contributed by atoms with Crippen LogP contribution in [-0.2, 0) is 4.74 Å². The van der Waals surface area contributed by atoms with Crippen molar-refractivity contribution >= 4 is 17.5 Å². The number of aromatic nitrogens is 1. The lowest BCUT2D eigenvalue weighted by Crippen LogP contribution is -2.30. The van der Waals surface area contributed by atoms with Crippen LogP contribution in [0.25, 0.3) is 0 Å². The molecule has 116 valence electrons. The number of nitrogen functional groups attached to an aromatic ring is 1. The molecule has 5 heteroatoms. The van der Waals surface area contributed by atoms with Crippen LogP contribution in [0.5, 0.6) is 0 Å². The molecule has 0 amide bonds. The molecule has 1 aromatic rings. The number of nitrogens with one attached hydrogen (secondary N) is 1. The van der Waals surface area contributed by atoms with Crippen molar-refractivity contribution in [2.24, 2.45) is 11.8 Å². The van der Waals surface area contributed by atoms with Gasteiger partial charge in [-0.15, -0.1) is 0 Å². The summed E-state index contributed by atoms with van der Waals surface area (Å²) in [6, 6.07) is 2.09. The van der Waals surface area contributed by atoms with Gasteiger partial charge in [-0.2, -0.15) is 0 Å². The molecule has 0 spiro atoms. The van der Waals surface area contributed by atoms with E-state index < -0.39 is 5.97 Å². The van der Waals surface area contributed by atoms with Crippen molar-refractivity contribution in [3.05, 3.63) is 17.8 Å². The lowest BCUT2D eigenvalue weighted by molar-refractivity contribution is 0.0527. The molecule has 1 heterocycles. The van der Waals surface area contributed by atoms with E-state index in [1.807, 2.05) is 0 Å². The van der Waals surface area contributed by atoms with E-state index >= 15 is 0 Å². The zero-order valence-electron chi connectivity index (χ0n) is 13.1. The summed E-state index contributed by atoms with van der Waals surface area (Å²) in [6.07, 6.45) is 5.06. The van der Waals surface area contributed by atoms with E-state index in [1.54, 1.807) is 13.0 Å². The molecule has 1 fully saturated rings. The number of nitrogens with zero attached hydrogens (tertiary/aromatic N) is 1. The van der Waals surface area contributed by atoms with Gasteiger partial charge in [0.05, 0.1) is 24.1 Å². The molecule has 0 saturated heterocycles. The molecule has 2 atom stereocenters. The van der Waals surface area contributed by atoms with E-state index in [0.717, 1.165) is 12.8 Å². The molecule has 0 radical (unpaired) electrons. The van der Waals surface area contributed by atoms with Gasteiger partial charge in [-0.05, 0) is 44.1 Å². The number of pyridine rings is 1. The van der Waals surface area contributed by atoms with Crippen LogP contribution in [0.4, 0.5) is 11.5 Å². The molecule has 5 nitrogen and oxygen atoms in total. The summed E-state index contributed by atoms with van der Waals surface area (Å²) in [6.45, 7) is 6.68. The topological polar surface area (TPSA) is 77.2 Å². The Morgan fingerprint density at radius 3 is 2.67 bits per heavy atom. The number of nitrogens with two attached hydrogens (primary N) is 1. The van der Waals surface area contributed by atoms with Gasteiger partial charge >= 0.3 is 5.97 Å². The minimum Gasteiger partial charge on any atom is -0.462 e. The molecule has 2 rings (SSSR count). The first kappa shape index (κ1) is 15.6. The zero-order chi connectivity index (χ0) is 15.4. The second-order valence-electron chi connectivity index (χ2n) is 6.14. The van der Waals surface area contributed by atoms with Crippen molar-refractivity contribution in [3.8, 4) is 0 Å². The highest BCUT2D eigenvalue weighted by atomic mass is 16.5. The molecule has 1 saturated carbocycles. The van der Waals surface area contributed by atoms with Crippen LogP contribution in [0.2, 0.25) is 0 Å². The average molecular weight is 291 g/mol. The van der Waals surface area contributed by atoms with Crippen LogP contribution in [0, 0.1) is 11.8 Å². The van der Waals surface area contributed by atoms with E-state index in [2.05, 4.69) is 24.1 Å². The van der Waals surface area contributed by atoms with E-state index in [9.17, 15) is 4.79 Å². The van der Waals surface area contributed by atoms with Gasteiger partial charge in [-0.25, -0.2) is 9.78 Å². The Hall–Kier alpha value is -1.78. The van der Waals surface area contributed by atoms with Gasteiger partial charge in [0.1, 0.15) is 5.82 Å². The van der Waals surface area contributed by atoms with Crippen LogP contribution in [-0.4, -0.2) is 23.6 Å². The van der Waals surface area contributed by atoms with Gasteiger partial charge in [0.25, 0.3) is 0 Å². The predicted octanol–water partition coefficient (Wildman–Crippen LogP) is 3.08. The summed E-state index contributed by atoms with van der Waals surface area (Å²) in [4.78, 5) is 16.1. The van der Waals surface area contributed by atoms with Gasteiger partial charge in [-0.1, -0.05) is 13.8 Å². The smallest absolute Gasteiger partial charge is 0.340 e. The third-order valence-corrected chi connectivity index (χ3v) is 3.96. The molecule has 1 aromatic heterocycles. The van der Waals surface area contributed by atoms with E-state index in [-0.39, 0.29) is 0 Å². The summed E-state index contributed by atoms with van der Waals surface area (Å²) in [5.41, 5.74) is 6.54. The second kappa shape index (κ2) is 6.78. The minimum absolute atomic E-state index is 0.334. The van der Waals surface area contributed by atoms with Crippen LogP contribution in [0.1, 0.15) is 50.4 Å². The van der Waals surface area contributed by atoms with Gasteiger partial charge in [0.2, 0.25) is 0 Å². The first-order valence-electron chi connectivity index (χ1n) is 7.68. The maximum Gasteiger partial charge on any atom is 0.340 e. The predicted molar refractivity (Wildman–Crippen MR) is 84.2 cm³/mol. The number of anilines is 2. The number of hydrogen-bond donors (Lipinski definition) is 2. The Kier molecular flexibility index (Phi) is 5.04. The Morgan fingerprint density at radius 2 is 2.05 bits per heavy atom. The van der Waals surface area contributed by atoms with Crippen molar-refractivity contribution in [2.45, 2.75) is 46.1 Å². The Labute approximate surface area is 126 Å². The molecule has 21 heavy (non-hydrogen) atoms. The zero-order valence-corrected chi connectivity index (χ0v) is 13.1. The summed E-state index contributed by atoms with van der Waals surface area (Å²) < 4.78 is 5.01. The fraction of sp³-hybridized carbons (Fsp3) is 0.625. The Bertz CT molecular complexity index is 494. The fourth-order valence-electron chi connectivity index (χ4n) is 3.20. The first-order chi connectivity index (χ1) is 9.99. The molecular weight excluding hydrogens is 266 g/mol. The van der Waals surface area contributed by atoms with Gasteiger partial charge in [0.15, 0.2) is 0 Å². The van der Waals surface area contributed by atoms with Crippen LogP contribution in [0.3, 0.4) is 0 Å². The van der Waals surface area contributed by atoms with Crippen LogP contribution < -0.4 is 11.1 Å². The molecule has 0 aliphatic heterocycles. The minimum atomic E-state index is -0.397. The quantitative estimate of drug-likeness (QED) is 0.834. The first-order valence-corrected chi connectivity index (χ1v) is 7.68. The molecule has 0 aromatic carbocycles. The fourth-order valence-corrected chi connectivity index (χ4v) is 3.20. The lowest BCUT2D eigenvalue weighted by atomic mass is 9.80. The number of rotatable bonds is 4. The van der Waals surface area contributed by atoms with E-state index in [1.165, 1.54) is 12.6 Å². The van der Waals surface area contributed by atoms with Crippen molar-refractivity contribution in [2.75, 3.05) is 17.7 Å². The van der Waals surface area contributed by atoms with Crippen LogP contribution in [0.15, 0.2) is 12.3 Å². The Morgan fingerprint density at radius 1 is 1.38 bits per heavy atom. The second-order valence-corrected chi connectivity index (χ2v) is 6.14. The summed E-state index contributed by atoms with van der Waals surface area (Å²) in [7, 11) is 0. The maximum absolute atomic E-state index is 11.9. The monoisotopic (exact) mass is 291 g/mol. The molecule has 1 aliphatic carbocycles. The van der Waals surface area contributed by atoms with Gasteiger partial charge in [0, 0.05) is 6.04 Å². The summed E-state index contributed by atoms with van der Waals surface area (Å²) >= 11 is 0. The van der Waals surface area contributed by atoms with E-state index in [0.29, 0.717) is 41.6 Å². The summed E-state index contributed by atoms with van der Waals surface area (Å²) in [5.74, 6) is 1.72. The van der Waals surface area contributed by atoms with Crippen molar-refractivity contribution in [1.29, 1.82) is 0 Å². The molecule has 3 N–H and O–H groups in total. The van der Waals surface area contributed by atoms with Crippen molar-refractivity contribution in [1.82, 2.24) is 4.98 Å². The van der Waals surface area contributed by atoms with Crippen molar-refractivity contribution < 1.29 is 9.53 Å². The van der Waals surface area contributed by atoms with Gasteiger partial charge in [-0.3, -0.25) is 0 Å². The number of hydrogen-bond acceptors (Lipinski definition) is 5. The largest absolute Gasteiger partial charge is 0.462 e. The number of carbonyl (C=O) groups is 1. The molecular formula is C16H25N3O2. The average Bonchev–Trinajstić information content (AvgIpc) is 2.40. The highest BCUT2D eigenvalue weighted by Crippen LogP contribution is 2.30. The highest BCUT2D eigenvalue weighted by Gasteiger charge is 2.24. The third kappa shape index (κ3) is 4.09. The molecule has 0 bridgehead atoms. The Balaban J connectivity index is 2.10. The van der Waals surface area contributed by atoms with Crippen LogP contribution >= 0.6 is 0 Å². The van der Waals surface area contributed by atoms with Crippen molar-refractivity contribution in [3.63, 3.8) is 0 Å². The number of ether oxygens (including phenoxy) is 1. The number of esters is 1. The SMILES string of the molecule is CCOC(=O)c1cc(NC2CC(C)CC(C)C2)ncc1N. The van der Waals surface area contributed by atoms with Gasteiger partial charge < -0.3 is 15.8 Å². The summed E-state index contributed by atoms with van der Waals surface area (Å²) in [5, 5.41) is 3.43. The lowest BCUT2D eigenvalue weighted by Gasteiger charge is -2.32. The number of carbonyl (C=O) groups excluding carboxylic acids is 1. The van der Waals surface area contributed by atoms with E-state index in [4.69, 9.17) is 10.5 Å².